The van der Waals surface area contributed by atoms with Gasteiger partial charge in [0.15, 0.2) is 6.61 Å². The topological polar surface area (TPSA) is 55.8 Å². The zero-order valence-electron chi connectivity index (χ0n) is 15.5. The fraction of sp³-hybridized carbons (Fsp3) is 0.333. The van der Waals surface area contributed by atoms with E-state index in [0.717, 1.165) is 5.56 Å². The normalized spacial score (nSPS) is 10.5. The highest BCUT2D eigenvalue weighted by atomic mass is 16.5. The Balaban J connectivity index is 1.88. The molecule has 0 aliphatic carbocycles. The lowest BCUT2D eigenvalue weighted by Gasteiger charge is -2.21. The standard InChI is InChI=1S/C21H25NO4/c1-4-22(14-17-8-6-5-7-9-17)20(23)15-25-19-12-10-18(11-13-19)21(24)26-16(2)3/h5-13,16H,4,14-15H2,1-3H3. The molecular formula is C21H25NO4. The molecule has 0 aromatic heterocycles. The van der Waals surface area contributed by atoms with E-state index < -0.39 is 0 Å². The Kier molecular flexibility index (Phi) is 7.21. The van der Waals surface area contributed by atoms with Crippen LogP contribution in [-0.2, 0) is 16.1 Å². The molecule has 0 saturated heterocycles. The summed E-state index contributed by atoms with van der Waals surface area (Å²) < 4.78 is 10.7. The van der Waals surface area contributed by atoms with Crippen molar-refractivity contribution >= 4 is 11.9 Å². The van der Waals surface area contributed by atoms with Crippen LogP contribution >= 0.6 is 0 Å². The molecule has 0 aliphatic heterocycles. The number of likely N-dealkylation sites (N-methyl/N-ethyl adjacent to an activating group) is 1. The summed E-state index contributed by atoms with van der Waals surface area (Å²) in [5.41, 5.74) is 1.53. The molecular weight excluding hydrogens is 330 g/mol. The Morgan fingerprint density at radius 1 is 1.00 bits per heavy atom. The van der Waals surface area contributed by atoms with Crippen molar-refractivity contribution in [2.45, 2.75) is 33.4 Å². The van der Waals surface area contributed by atoms with Crippen LogP contribution in [0.3, 0.4) is 0 Å². The van der Waals surface area contributed by atoms with Crippen molar-refractivity contribution in [3.8, 4) is 5.75 Å². The number of esters is 1. The summed E-state index contributed by atoms with van der Waals surface area (Å²) in [6.45, 7) is 6.66. The zero-order chi connectivity index (χ0) is 18.9. The first kappa shape index (κ1) is 19.5. The van der Waals surface area contributed by atoms with E-state index >= 15 is 0 Å². The summed E-state index contributed by atoms with van der Waals surface area (Å²) in [7, 11) is 0. The molecule has 0 atom stereocenters. The molecule has 0 spiro atoms. The van der Waals surface area contributed by atoms with E-state index in [0.29, 0.717) is 24.4 Å². The second-order valence-electron chi connectivity index (χ2n) is 6.16. The highest BCUT2D eigenvalue weighted by molar-refractivity contribution is 5.89. The second-order valence-corrected chi connectivity index (χ2v) is 6.16. The third-order valence-corrected chi connectivity index (χ3v) is 3.75. The van der Waals surface area contributed by atoms with E-state index in [9.17, 15) is 9.59 Å². The highest BCUT2D eigenvalue weighted by Crippen LogP contribution is 2.14. The predicted octanol–water partition coefficient (Wildman–Crippen LogP) is 3.68. The molecule has 1 amide bonds. The van der Waals surface area contributed by atoms with Gasteiger partial charge in [-0.3, -0.25) is 4.79 Å². The summed E-state index contributed by atoms with van der Waals surface area (Å²) in [6, 6.07) is 16.4. The van der Waals surface area contributed by atoms with Crippen molar-refractivity contribution in [2.24, 2.45) is 0 Å². The Labute approximate surface area is 154 Å². The molecule has 0 heterocycles. The second kappa shape index (κ2) is 9.61. The van der Waals surface area contributed by atoms with Gasteiger partial charge in [0, 0.05) is 13.1 Å². The molecule has 0 bridgehead atoms. The average Bonchev–Trinajstić information content (AvgIpc) is 2.65. The Hall–Kier alpha value is -2.82. The molecule has 2 rings (SSSR count). The molecule has 0 radical (unpaired) electrons. The largest absolute Gasteiger partial charge is 0.484 e. The highest BCUT2D eigenvalue weighted by Gasteiger charge is 2.13. The minimum atomic E-state index is -0.373. The van der Waals surface area contributed by atoms with Crippen LogP contribution in [0.15, 0.2) is 54.6 Å². The molecule has 2 aromatic rings. The fourth-order valence-corrected chi connectivity index (χ4v) is 2.39. The number of rotatable bonds is 8. The average molecular weight is 355 g/mol. The molecule has 138 valence electrons. The third-order valence-electron chi connectivity index (χ3n) is 3.75. The van der Waals surface area contributed by atoms with Crippen molar-refractivity contribution in [1.82, 2.24) is 4.90 Å². The Morgan fingerprint density at radius 2 is 1.65 bits per heavy atom. The van der Waals surface area contributed by atoms with Crippen LogP contribution in [0.2, 0.25) is 0 Å². The lowest BCUT2D eigenvalue weighted by atomic mass is 10.2. The monoisotopic (exact) mass is 355 g/mol. The van der Waals surface area contributed by atoms with E-state index in [1.807, 2.05) is 37.3 Å². The summed E-state index contributed by atoms with van der Waals surface area (Å²) >= 11 is 0. The number of hydrogen-bond donors (Lipinski definition) is 0. The first-order valence-electron chi connectivity index (χ1n) is 8.75. The van der Waals surface area contributed by atoms with E-state index in [4.69, 9.17) is 9.47 Å². The van der Waals surface area contributed by atoms with E-state index in [1.54, 1.807) is 43.0 Å². The summed E-state index contributed by atoms with van der Waals surface area (Å²) in [6.07, 6.45) is -0.166. The van der Waals surface area contributed by atoms with Gasteiger partial charge in [0.2, 0.25) is 0 Å². The van der Waals surface area contributed by atoms with Gasteiger partial charge in [0.25, 0.3) is 5.91 Å². The van der Waals surface area contributed by atoms with Crippen molar-refractivity contribution in [2.75, 3.05) is 13.2 Å². The van der Waals surface area contributed by atoms with E-state index in [-0.39, 0.29) is 24.6 Å². The molecule has 0 fully saturated rings. The molecule has 0 unspecified atom stereocenters. The molecule has 5 nitrogen and oxygen atoms in total. The van der Waals surface area contributed by atoms with Crippen LogP contribution in [0.4, 0.5) is 0 Å². The quantitative estimate of drug-likeness (QED) is 0.678. The third kappa shape index (κ3) is 5.92. The minimum Gasteiger partial charge on any atom is -0.484 e. The maximum absolute atomic E-state index is 12.4. The van der Waals surface area contributed by atoms with E-state index in [1.165, 1.54) is 0 Å². The van der Waals surface area contributed by atoms with Crippen LogP contribution < -0.4 is 4.74 Å². The number of carbonyl (C=O) groups excluding carboxylic acids is 2. The molecule has 0 N–H and O–H groups in total. The van der Waals surface area contributed by atoms with E-state index in [2.05, 4.69) is 0 Å². The number of benzene rings is 2. The van der Waals surface area contributed by atoms with Crippen LogP contribution in [0.5, 0.6) is 5.75 Å². The van der Waals surface area contributed by atoms with Crippen LogP contribution in [0.1, 0.15) is 36.7 Å². The maximum Gasteiger partial charge on any atom is 0.338 e. The van der Waals surface area contributed by atoms with Gasteiger partial charge in [-0.25, -0.2) is 4.79 Å². The van der Waals surface area contributed by atoms with Crippen molar-refractivity contribution in [3.05, 3.63) is 65.7 Å². The minimum absolute atomic E-state index is 0.0452. The smallest absolute Gasteiger partial charge is 0.338 e. The molecule has 0 aliphatic rings. The van der Waals surface area contributed by atoms with Gasteiger partial charge in [0.05, 0.1) is 11.7 Å². The Morgan fingerprint density at radius 3 is 2.23 bits per heavy atom. The molecule has 0 saturated carbocycles. The summed E-state index contributed by atoms with van der Waals surface area (Å²) in [4.78, 5) is 25.9. The summed E-state index contributed by atoms with van der Waals surface area (Å²) in [5.74, 6) is 0.0810. The lowest BCUT2D eigenvalue weighted by Crippen LogP contribution is -2.34. The SMILES string of the molecule is CCN(Cc1ccccc1)C(=O)COc1ccc(C(=O)OC(C)C)cc1. The Bertz CT molecular complexity index is 711. The molecule has 26 heavy (non-hydrogen) atoms. The first-order chi connectivity index (χ1) is 12.5. The zero-order valence-corrected chi connectivity index (χ0v) is 15.5. The van der Waals surface area contributed by atoms with Crippen molar-refractivity contribution in [3.63, 3.8) is 0 Å². The molecule has 2 aromatic carbocycles. The number of carbonyl (C=O) groups is 2. The lowest BCUT2D eigenvalue weighted by molar-refractivity contribution is -0.133. The maximum atomic E-state index is 12.4. The number of ether oxygens (including phenoxy) is 2. The van der Waals surface area contributed by atoms with Gasteiger partial charge in [-0.2, -0.15) is 0 Å². The van der Waals surface area contributed by atoms with Gasteiger partial charge in [-0.05, 0) is 50.6 Å². The van der Waals surface area contributed by atoms with Crippen LogP contribution in [-0.4, -0.2) is 36.0 Å². The number of amides is 1. The van der Waals surface area contributed by atoms with Crippen LogP contribution in [0, 0.1) is 0 Å². The van der Waals surface area contributed by atoms with Gasteiger partial charge < -0.3 is 14.4 Å². The first-order valence-corrected chi connectivity index (χ1v) is 8.75. The number of nitrogens with zero attached hydrogens (tertiary/aromatic N) is 1. The summed E-state index contributed by atoms with van der Waals surface area (Å²) in [5, 5.41) is 0. The fourth-order valence-electron chi connectivity index (χ4n) is 2.39. The number of hydrogen-bond acceptors (Lipinski definition) is 4. The molecule has 5 heteroatoms. The van der Waals surface area contributed by atoms with Crippen molar-refractivity contribution < 1.29 is 19.1 Å². The predicted molar refractivity (Wildman–Crippen MR) is 100 cm³/mol. The van der Waals surface area contributed by atoms with Crippen molar-refractivity contribution in [1.29, 1.82) is 0 Å². The van der Waals surface area contributed by atoms with Gasteiger partial charge in [-0.15, -0.1) is 0 Å². The van der Waals surface area contributed by atoms with Crippen LogP contribution in [0.25, 0.3) is 0 Å². The van der Waals surface area contributed by atoms with Gasteiger partial charge in [0.1, 0.15) is 5.75 Å². The van der Waals surface area contributed by atoms with Gasteiger partial charge in [-0.1, -0.05) is 30.3 Å². The van der Waals surface area contributed by atoms with Gasteiger partial charge >= 0.3 is 5.97 Å².